The Balaban J connectivity index is 1.79. The fraction of sp³-hybridized carbons (Fsp3) is 0.583. The second-order valence-electron chi connectivity index (χ2n) is 4.71. The molecule has 2 heterocycles. The fourth-order valence-corrected chi connectivity index (χ4v) is 3.78. The molecule has 2 unspecified atom stereocenters. The Bertz CT molecular complexity index is 622. The lowest BCUT2D eigenvalue weighted by Crippen LogP contribution is -2.26. The molecule has 0 spiro atoms. The van der Waals surface area contributed by atoms with Crippen LogP contribution >= 0.6 is 11.8 Å². The standard InChI is InChI=1S/C12H17N5OS/c1-2-19-9-5-3-4-8(9)14-10-6-11-15-16-12(18)17(11)7-13-10/h6-9,14H,2-5H2,1H3,(H,16,18). The van der Waals surface area contributed by atoms with Crippen molar-refractivity contribution in [2.75, 3.05) is 11.1 Å². The molecular formula is C12H17N5OS. The quantitative estimate of drug-likeness (QED) is 0.887. The van der Waals surface area contributed by atoms with Gasteiger partial charge in [-0.3, -0.25) is 0 Å². The molecule has 102 valence electrons. The van der Waals surface area contributed by atoms with E-state index < -0.39 is 0 Å². The zero-order valence-electron chi connectivity index (χ0n) is 10.8. The third kappa shape index (κ3) is 2.47. The first-order valence-corrected chi connectivity index (χ1v) is 7.63. The van der Waals surface area contributed by atoms with Gasteiger partial charge in [-0.2, -0.15) is 16.9 Å². The molecule has 0 saturated heterocycles. The number of nitrogens with zero attached hydrogens (tertiary/aromatic N) is 3. The minimum atomic E-state index is -0.255. The number of anilines is 1. The third-order valence-electron chi connectivity index (χ3n) is 3.48. The van der Waals surface area contributed by atoms with Crippen LogP contribution in [0.25, 0.3) is 5.65 Å². The van der Waals surface area contributed by atoms with E-state index in [1.54, 1.807) is 0 Å². The van der Waals surface area contributed by atoms with Gasteiger partial charge in [0.15, 0.2) is 5.65 Å². The molecule has 1 aliphatic rings. The minimum absolute atomic E-state index is 0.255. The van der Waals surface area contributed by atoms with Gasteiger partial charge < -0.3 is 5.32 Å². The molecule has 2 aromatic rings. The van der Waals surface area contributed by atoms with Crippen molar-refractivity contribution in [3.8, 4) is 0 Å². The maximum atomic E-state index is 11.4. The van der Waals surface area contributed by atoms with Crippen LogP contribution in [0.3, 0.4) is 0 Å². The molecule has 1 saturated carbocycles. The molecule has 1 aliphatic carbocycles. The second-order valence-corrected chi connectivity index (χ2v) is 6.22. The van der Waals surface area contributed by atoms with Crippen molar-refractivity contribution in [1.82, 2.24) is 19.6 Å². The molecule has 7 heteroatoms. The van der Waals surface area contributed by atoms with Gasteiger partial charge in [-0.05, 0) is 18.6 Å². The Hall–Kier alpha value is -1.50. The van der Waals surface area contributed by atoms with Crippen molar-refractivity contribution in [1.29, 1.82) is 0 Å². The second kappa shape index (κ2) is 5.24. The van der Waals surface area contributed by atoms with E-state index in [0.29, 0.717) is 16.9 Å². The number of H-pyrrole nitrogens is 1. The van der Waals surface area contributed by atoms with Crippen LogP contribution in [0.1, 0.15) is 26.2 Å². The van der Waals surface area contributed by atoms with Crippen LogP contribution < -0.4 is 11.0 Å². The summed E-state index contributed by atoms with van der Waals surface area (Å²) in [6.45, 7) is 2.19. The Kier molecular flexibility index (Phi) is 3.46. The third-order valence-corrected chi connectivity index (χ3v) is 4.80. The summed E-state index contributed by atoms with van der Waals surface area (Å²) in [5.74, 6) is 1.93. The van der Waals surface area contributed by atoms with Gasteiger partial charge in [0.25, 0.3) is 0 Å². The van der Waals surface area contributed by atoms with E-state index in [1.807, 2.05) is 17.8 Å². The topological polar surface area (TPSA) is 75.1 Å². The summed E-state index contributed by atoms with van der Waals surface area (Å²) in [5.41, 5.74) is 0.342. The SMILES string of the molecule is CCSC1CCCC1Nc1cc2n[nH]c(=O)n2cn1. The molecule has 19 heavy (non-hydrogen) atoms. The maximum Gasteiger partial charge on any atom is 0.348 e. The van der Waals surface area contributed by atoms with Crippen LogP contribution in [-0.2, 0) is 0 Å². The molecule has 0 aliphatic heterocycles. The highest BCUT2D eigenvalue weighted by molar-refractivity contribution is 7.99. The van der Waals surface area contributed by atoms with Crippen LogP contribution in [0.4, 0.5) is 5.82 Å². The summed E-state index contributed by atoms with van der Waals surface area (Å²) in [4.78, 5) is 15.6. The number of rotatable bonds is 4. The van der Waals surface area contributed by atoms with Gasteiger partial charge in [-0.15, -0.1) is 0 Å². The summed E-state index contributed by atoms with van der Waals surface area (Å²) in [6, 6.07) is 2.27. The van der Waals surface area contributed by atoms with E-state index in [4.69, 9.17) is 0 Å². The van der Waals surface area contributed by atoms with Crippen molar-refractivity contribution in [3.05, 3.63) is 22.9 Å². The minimum Gasteiger partial charge on any atom is -0.366 e. The van der Waals surface area contributed by atoms with Gasteiger partial charge in [0.2, 0.25) is 0 Å². The van der Waals surface area contributed by atoms with Gasteiger partial charge in [-0.1, -0.05) is 13.3 Å². The summed E-state index contributed by atoms with van der Waals surface area (Å²) < 4.78 is 1.40. The molecular weight excluding hydrogens is 262 g/mol. The Morgan fingerprint density at radius 1 is 1.58 bits per heavy atom. The predicted octanol–water partition coefficient (Wildman–Crippen LogP) is 1.50. The number of thioether (sulfide) groups is 1. The first kappa shape index (κ1) is 12.5. The van der Waals surface area contributed by atoms with E-state index in [0.717, 1.165) is 11.6 Å². The largest absolute Gasteiger partial charge is 0.366 e. The molecule has 2 N–H and O–H groups in total. The Morgan fingerprint density at radius 3 is 3.32 bits per heavy atom. The number of fused-ring (bicyclic) bond motifs is 1. The van der Waals surface area contributed by atoms with E-state index in [1.165, 1.54) is 30.0 Å². The first-order valence-electron chi connectivity index (χ1n) is 6.59. The van der Waals surface area contributed by atoms with Gasteiger partial charge >= 0.3 is 5.69 Å². The monoisotopic (exact) mass is 279 g/mol. The van der Waals surface area contributed by atoms with Crippen molar-refractivity contribution in [2.24, 2.45) is 0 Å². The average molecular weight is 279 g/mol. The van der Waals surface area contributed by atoms with Crippen LogP contribution in [0.5, 0.6) is 0 Å². The van der Waals surface area contributed by atoms with Gasteiger partial charge in [-0.25, -0.2) is 19.3 Å². The zero-order chi connectivity index (χ0) is 13.2. The highest BCUT2D eigenvalue weighted by atomic mass is 32.2. The summed E-state index contributed by atoms with van der Waals surface area (Å²) in [6.07, 6.45) is 5.22. The van der Waals surface area contributed by atoms with E-state index in [-0.39, 0.29) is 5.69 Å². The number of aromatic nitrogens is 4. The van der Waals surface area contributed by atoms with E-state index >= 15 is 0 Å². The van der Waals surface area contributed by atoms with Crippen LogP contribution in [0.15, 0.2) is 17.2 Å². The highest BCUT2D eigenvalue weighted by Gasteiger charge is 2.27. The van der Waals surface area contributed by atoms with Crippen molar-refractivity contribution in [3.63, 3.8) is 0 Å². The zero-order valence-corrected chi connectivity index (χ0v) is 11.6. The predicted molar refractivity (Wildman–Crippen MR) is 76.8 cm³/mol. The van der Waals surface area contributed by atoms with Gasteiger partial charge in [0.1, 0.15) is 12.1 Å². The van der Waals surface area contributed by atoms with Gasteiger partial charge in [0.05, 0.1) is 0 Å². The Labute approximate surface area is 115 Å². The molecule has 3 rings (SSSR count). The number of nitrogens with one attached hydrogen (secondary N) is 2. The fourth-order valence-electron chi connectivity index (χ4n) is 2.58. The molecule has 0 radical (unpaired) electrons. The summed E-state index contributed by atoms with van der Waals surface area (Å²) in [5, 5.41) is 10.5. The maximum absolute atomic E-state index is 11.4. The molecule has 0 amide bonds. The molecule has 1 fully saturated rings. The smallest absolute Gasteiger partial charge is 0.348 e. The number of aromatic amines is 1. The average Bonchev–Trinajstić information content (AvgIpc) is 2.98. The summed E-state index contributed by atoms with van der Waals surface area (Å²) in [7, 11) is 0. The molecule has 2 aromatic heterocycles. The first-order chi connectivity index (χ1) is 9.28. The molecule has 0 aromatic carbocycles. The van der Waals surface area contributed by atoms with Crippen LogP contribution in [0, 0.1) is 0 Å². The normalized spacial score (nSPS) is 23.0. The number of hydrogen-bond acceptors (Lipinski definition) is 5. The lowest BCUT2D eigenvalue weighted by Gasteiger charge is -2.20. The van der Waals surface area contributed by atoms with Crippen molar-refractivity contribution < 1.29 is 0 Å². The van der Waals surface area contributed by atoms with Crippen molar-refractivity contribution in [2.45, 2.75) is 37.5 Å². The lowest BCUT2D eigenvalue weighted by molar-refractivity contribution is 0.761. The Morgan fingerprint density at radius 2 is 2.47 bits per heavy atom. The van der Waals surface area contributed by atoms with E-state index in [2.05, 4.69) is 27.4 Å². The van der Waals surface area contributed by atoms with E-state index in [9.17, 15) is 4.79 Å². The number of hydrogen-bond donors (Lipinski definition) is 2. The molecule has 0 bridgehead atoms. The molecule has 6 nitrogen and oxygen atoms in total. The molecule has 2 atom stereocenters. The van der Waals surface area contributed by atoms with Crippen LogP contribution in [0.2, 0.25) is 0 Å². The van der Waals surface area contributed by atoms with Crippen LogP contribution in [-0.4, -0.2) is 36.6 Å². The van der Waals surface area contributed by atoms with Crippen molar-refractivity contribution >= 4 is 23.2 Å². The highest BCUT2D eigenvalue weighted by Crippen LogP contribution is 2.31. The van der Waals surface area contributed by atoms with Gasteiger partial charge in [0, 0.05) is 17.4 Å². The summed E-state index contributed by atoms with van der Waals surface area (Å²) >= 11 is 2.01. The lowest BCUT2D eigenvalue weighted by atomic mass is 10.2.